The predicted octanol–water partition coefficient (Wildman–Crippen LogP) is 2.12. The summed E-state index contributed by atoms with van der Waals surface area (Å²) in [5, 5.41) is 2.62. The lowest BCUT2D eigenvalue weighted by atomic mass is 10.2. The molecule has 0 aromatic carbocycles. The van der Waals surface area contributed by atoms with E-state index in [4.69, 9.17) is 14.2 Å². The van der Waals surface area contributed by atoms with Crippen LogP contribution in [0, 0.1) is 0 Å². The Bertz CT molecular complexity index is 441. The van der Waals surface area contributed by atoms with Crippen molar-refractivity contribution in [1.82, 2.24) is 10.3 Å². The number of methoxy groups -OCH3 is 2. The summed E-state index contributed by atoms with van der Waals surface area (Å²) in [6, 6.07) is 1.69. The van der Waals surface area contributed by atoms with Gasteiger partial charge < -0.3 is 19.5 Å². The highest BCUT2D eigenvalue weighted by Crippen LogP contribution is 2.28. The van der Waals surface area contributed by atoms with Crippen molar-refractivity contribution in [3.63, 3.8) is 0 Å². The molecule has 1 heterocycles. The van der Waals surface area contributed by atoms with Crippen LogP contribution in [0.2, 0.25) is 0 Å². The molecule has 1 aromatic heterocycles. The third-order valence-corrected chi connectivity index (χ3v) is 2.17. The third kappa shape index (κ3) is 4.65. The summed E-state index contributed by atoms with van der Waals surface area (Å²) in [7, 11) is 3.07. The highest BCUT2D eigenvalue weighted by molar-refractivity contribution is 5.67. The number of amides is 1. The topological polar surface area (TPSA) is 69.7 Å². The number of hydrogen-bond acceptors (Lipinski definition) is 5. The summed E-state index contributed by atoms with van der Waals surface area (Å²) in [5.74, 6) is 1.07. The normalized spacial score (nSPS) is 10.8. The van der Waals surface area contributed by atoms with Gasteiger partial charge in [-0.15, -0.1) is 0 Å². The first-order valence-electron chi connectivity index (χ1n) is 5.90. The Balaban J connectivity index is 2.70. The van der Waals surface area contributed by atoms with Gasteiger partial charge in [-0.1, -0.05) is 0 Å². The molecule has 6 heteroatoms. The van der Waals surface area contributed by atoms with Gasteiger partial charge in [-0.3, -0.25) is 4.98 Å². The third-order valence-electron chi connectivity index (χ3n) is 2.17. The van der Waals surface area contributed by atoms with Gasteiger partial charge in [-0.2, -0.15) is 0 Å². The number of carbonyl (C=O) groups is 1. The molecule has 0 atom stereocenters. The van der Waals surface area contributed by atoms with Crippen molar-refractivity contribution in [3.05, 3.63) is 18.0 Å². The van der Waals surface area contributed by atoms with Gasteiger partial charge in [0.05, 0.1) is 20.8 Å². The van der Waals surface area contributed by atoms with E-state index in [1.807, 2.05) is 0 Å². The molecule has 0 radical (unpaired) electrons. The van der Waals surface area contributed by atoms with Crippen LogP contribution in [0.1, 0.15) is 26.5 Å². The van der Waals surface area contributed by atoms with Crippen molar-refractivity contribution in [1.29, 1.82) is 0 Å². The molecule has 0 aliphatic rings. The molecular formula is C13H20N2O4. The Morgan fingerprint density at radius 3 is 2.53 bits per heavy atom. The van der Waals surface area contributed by atoms with E-state index in [0.717, 1.165) is 0 Å². The molecule has 0 unspecified atom stereocenters. The second-order valence-electron chi connectivity index (χ2n) is 4.85. The molecule has 0 saturated carbocycles. The van der Waals surface area contributed by atoms with Crippen molar-refractivity contribution in [2.75, 3.05) is 14.2 Å². The standard InChI is InChI=1S/C13H20N2O4/c1-13(2,3)19-12(16)15-8-9-11(18-5)10(17-4)6-7-14-9/h6-7H,8H2,1-5H3,(H,15,16). The van der Waals surface area contributed by atoms with E-state index in [1.54, 1.807) is 40.1 Å². The molecule has 1 amide bonds. The van der Waals surface area contributed by atoms with Gasteiger partial charge in [0.25, 0.3) is 0 Å². The molecule has 0 spiro atoms. The number of nitrogens with one attached hydrogen (secondary N) is 1. The van der Waals surface area contributed by atoms with E-state index in [0.29, 0.717) is 17.2 Å². The lowest BCUT2D eigenvalue weighted by molar-refractivity contribution is 0.0522. The van der Waals surface area contributed by atoms with Crippen molar-refractivity contribution < 1.29 is 19.0 Å². The van der Waals surface area contributed by atoms with Crippen LogP contribution in [0.5, 0.6) is 11.5 Å². The molecule has 1 rings (SSSR count). The van der Waals surface area contributed by atoms with Gasteiger partial charge in [0.2, 0.25) is 0 Å². The molecule has 1 aromatic rings. The Morgan fingerprint density at radius 2 is 2.00 bits per heavy atom. The number of alkyl carbamates (subject to hydrolysis) is 1. The smallest absolute Gasteiger partial charge is 0.407 e. The highest BCUT2D eigenvalue weighted by Gasteiger charge is 2.17. The molecule has 0 bridgehead atoms. The van der Waals surface area contributed by atoms with Crippen LogP contribution in [0.25, 0.3) is 0 Å². The molecule has 6 nitrogen and oxygen atoms in total. The van der Waals surface area contributed by atoms with E-state index in [-0.39, 0.29) is 6.54 Å². The van der Waals surface area contributed by atoms with Crippen LogP contribution in [0.15, 0.2) is 12.3 Å². The van der Waals surface area contributed by atoms with E-state index >= 15 is 0 Å². The maximum Gasteiger partial charge on any atom is 0.407 e. The van der Waals surface area contributed by atoms with Crippen LogP contribution >= 0.6 is 0 Å². The van der Waals surface area contributed by atoms with Crippen molar-refractivity contribution in [3.8, 4) is 11.5 Å². The van der Waals surface area contributed by atoms with Gasteiger partial charge in [-0.05, 0) is 20.8 Å². The SMILES string of the molecule is COc1ccnc(CNC(=O)OC(C)(C)C)c1OC. The largest absolute Gasteiger partial charge is 0.493 e. The quantitative estimate of drug-likeness (QED) is 0.905. The van der Waals surface area contributed by atoms with Gasteiger partial charge in [0, 0.05) is 12.3 Å². The minimum Gasteiger partial charge on any atom is -0.493 e. The van der Waals surface area contributed by atoms with E-state index < -0.39 is 11.7 Å². The van der Waals surface area contributed by atoms with E-state index in [9.17, 15) is 4.79 Å². The summed E-state index contributed by atoms with van der Waals surface area (Å²) in [4.78, 5) is 15.7. The van der Waals surface area contributed by atoms with Crippen molar-refractivity contribution in [2.24, 2.45) is 0 Å². The Labute approximate surface area is 113 Å². The van der Waals surface area contributed by atoms with Crippen molar-refractivity contribution >= 4 is 6.09 Å². The lowest BCUT2D eigenvalue weighted by Gasteiger charge is -2.20. The zero-order valence-corrected chi connectivity index (χ0v) is 11.9. The Morgan fingerprint density at radius 1 is 1.32 bits per heavy atom. The first-order valence-corrected chi connectivity index (χ1v) is 5.90. The maximum atomic E-state index is 11.6. The Hall–Kier alpha value is -1.98. The molecular weight excluding hydrogens is 248 g/mol. The lowest BCUT2D eigenvalue weighted by Crippen LogP contribution is -2.32. The number of pyridine rings is 1. The summed E-state index contributed by atoms with van der Waals surface area (Å²) >= 11 is 0. The Kier molecular flexibility index (Phi) is 4.97. The van der Waals surface area contributed by atoms with Crippen LogP contribution in [0.4, 0.5) is 4.79 Å². The van der Waals surface area contributed by atoms with Gasteiger partial charge in [-0.25, -0.2) is 4.79 Å². The predicted molar refractivity (Wildman–Crippen MR) is 70.4 cm³/mol. The number of rotatable bonds is 4. The van der Waals surface area contributed by atoms with Crippen LogP contribution in [-0.2, 0) is 11.3 Å². The van der Waals surface area contributed by atoms with Gasteiger partial charge in [0.1, 0.15) is 11.3 Å². The number of carbonyl (C=O) groups excluding carboxylic acids is 1. The molecule has 1 N–H and O–H groups in total. The second-order valence-corrected chi connectivity index (χ2v) is 4.85. The van der Waals surface area contributed by atoms with Crippen LogP contribution < -0.4 is 14.8 Å². The number of ether oxygens (including phenoxy) is 3. The molecule has 0 aliphatic carbocycles. The van der Waals surface area contributed by atoms with Crippen LogP contribution in [0.3, 0.4) is 0 Å². The maximum absolute atomic E-state index is 11.6. The summed E-state index contributed by atoms with van der Waals surface area (Å²) in [6.45, 7) is 5.61. The first-order chi connectivity index (χ1) is 8.87. The minimum atomic E-state index is -0.532. The zero-order valence-electron chi connectivity index (χ0n) is 11.9. The van der Waals surface area contributed by atoms with Gasteiger partial charge >= 0.3 is 6.09 Å². The number of hydrogen-bond donors (Lipinski definition) is 1. The fourth-order valence-electron chi connectivity index (χ4n) is 1.45. The average molecular weight is 268 g/mol. The summed E-state index contributed by atoms with van der Waals surface area (Å²) < 4.78 is 15.5. The fourth-order valence-corrected chi connectivity index (χ4v) is 1.45. The number of nitrogens with zero attached hydrogens (tertiary/aromatic N) is 1. The van der Waals surface area contributed by atoms with Gasteiger partial charge in [0.15, 0.2) is 11.5 Å². The zero-order chi connectivity index (χ0) is 14.5. The molecule has 0 aliphatic heterocycles. The van der Waals surface area contributed by atoms with Crippen molar-refractivity contribution in [2.45, 2.75) is 32.9 Å². The highest BCUT2D eigenvalue weighted by atomic mass is 16.6. The summed E-state index contributed by atoms with van der Waals surface area (Å²) in [6.07, 6.45) is 1.09. The van der Waals surface area contributed by atoms with Crippen LogP contribution in [-0.4, -0.2) is 30.9 Å². The molecule has 106 valence electrons. The minimum absolute atomic E-state index is 0.204. The summed E-state index contributed by atoms with van der Waals surface area (Å²) in [5.41, 5.74) is 0.0448. The monoisotopic (exact) mass is 268 g/mol. The average Bonchev–Trinajstić information content (AvgIpc) is 2.33. The van der Waals surface area contributed by atoms with E-state index in [2.05, 4.69) is 10.3 Å². The first kappa shape index (κ1) is 15.1. The fraction of sp³-hybridized carbons (Fsp3) is 0.538. The van der Waals surface area contributed by atoms with E-state index in [1.165, 1.54) is 7.11 Å². The molecule has 0 saturated heterocycles. The molecule has 19 heavy (non-hydrogen) atoms. The number of aromatic nitrogens is 1. The second kappa shape index (κ2) is 6.26. The molecule has 0 fully saturated rings.